The highest BCUT2D eigenvalue weighted by Crippen LogP contribution is 2.39. The maximum absolute atomic E-state index is 13.0. The molecule has 8 heteroatoms. The van der Waals surface area contributed by atoms with Gasteiger partial charge in [-0.15, -0.1) is 0 Å². The molecule has 0 bridgehead atoms. The number of ether oxygens (including phenoxy) is 2. The molecule has 2 aromatic carbocycles. The molecule has 2 heterocycles. The summed E-state index contributed by atoms with van der Waals surface area (Å²) in [5, 5.41) is 7.29. The molecule has 0 radical (unpaired) electrons. The number of benzene rings is 2. The van der Waals surface area contributed by atoms with Crippen molar-refractivity contribution in [1.82, 2.24) is 10.1 Å². The average Bonchev–Trinajstić information content (AvgIpc) is 3.20. The molecule has 1 aliphatic heterocycles. The number of anilines is 1. The molecule has 1 amide bonds. The highest BCUT2D eigenvalue weighted by Gasteiger charge is 2.22. The van der Waals surface area contributed by atoms with E-state index in [9.17, 15) is 4.79 Å². The second kappa shape index (κ2) is 7.75. The van der Waals surface area contributed by atoms with Gasteiger partial charge in [0.05, 0.1) is 16.3 Å². The molecule has 0 atom stereocenters. The molecule has 7 nitrogen and oxygen atoms in total. The van der Waals surface area contributed by atoms with E-state index in [1.165, 1.54) is 0 Å². The van der Waals surface area contributed by atoms with E-state index in [1.807, 2.05) is 39.0 Å². The molecule has 0 saturated heterocycles. The number of hydrogen-bond donors (Lipinski definition) is 1. The Bertz CT molecular complexity index is 1080. The van der Waals surface area contributed by atoms with Crippen LogP contribution in [0.4, 0.5) is 5.69 Å². The van der Waals surface area contributed by atoms with Crippen LogP contribution in [0.5, 0.6) is 11.5 Å². The summed E-state index contributed by atoms with van der Waals surface area (Å²) in [6, 6.07) is 8.79. The maximum atomic E-state index is 13.0. The van der Waals surface area contributed by atoms with Gasteiger partial charge in [0.15, 0.2) is 17.3 Å². The van der Waals surface area contributed by atoms with E-state index in [0.29, 0.717) is 58.3 Å². The molecule has 150 valence electrons. The number of rotatable bonds is 4. The van der Waals surface area contributed by atoms with Gasteiger partial charge in [0.25, 0.3) is 11.8 Å². The molecule has 0 unspecified atom stereocenters. The first-order valence-electron chi connectivity index (χ1n) is 9.28. The zero-order chi connectivity index (χ0) is 20.5. The molecule has 0 fully saturated rings. The molecule has 1 N–H and O–H groups in total. The highest BCUT2D eigenvalue weighted by atomic mass is 35.5. The van der Waals surface area contributed by atoms with Crippen LogP contribution in [-0.4, -0.2) is 29.3 Å². The third kappa shape index (κ3) is 3.78. The van der Waals surface area contributed by atoms with Crippen molar-refractivity contribution in [3.63, 3.8) is 0 Å². The monoisotopic (exact) mass is 413 g/mol. The molecule has 1 aromatic heterocycles. The average molecular weight is 414 g/mol. The Morgan fingerprint density at radius 1 is 1.21 bits per heavy atom. The normalized spacial score (nSPS) is 12.9. The molecule has 0 saturated carbocycles. The number of halogens is 1. The minimum Gasteiger partial charge on any atom is -0.486 e. The zero-order valence-corrected chi connectivity index (χ0v) is 17.0. The van der Waals surface area contributed by atoms with E-state index in [1.54, 1.807) is 12.1 Å². The van der Waals surface area contributed by atoms with Crippen molar-refractivity contribution in [2.45, 2.75) is 26.7 Å². The van der Waals surface area contributed by atoms with Crippen LogP contribution in [0, 0.1) is 6.92 Å². The first-order valence-corrected chi connectivity index (χ1v) is 9.66. The first-order chi connectivity index (χ1) is 13.9. The van der Waals surface area contributed by atoms with Crippen LogP contribution < -0.4 is 14.8 Å². The summed E-state index contributed by atoms with van der Waals surface area (Å²) < 4.78 is 16.5. The van der Waals surface area contributed by atoms with Crippen molar-refractivity contribution >= 4 is 23.2 Å². The van der Waals surface area contributed by atoms with Crippen molar-refractivity contribution in [1.29, 1.82) is 0 Å². The maximum Gasteiger partial charge on any atom is 0.260 e. The Morgan fingerprint density at radius 2 is 2.00 bits per heavy atom. The highest BCUT2D eigenvalue weighted by molar-refractivity contribution is 6.32. The number of carbonyl (C=O) groups is 1. The number of fused-ring (bicyclic) bond motifs is 1. The standard InChI is InChI=1S/C21H20ClN3O4/c1-11(2)19-24-21(29-25-19)14-6-4-5-12(3)17(14)23-20(26)13-9-15(22)18-16(10-13)27-7-8-28-18/h4-6,9-11H,7-8H2,1-3H3,(H,23,26). The second-order valence-electron chi connectivity index (χ2n) is 7.05. The number of aromatic nitrogens is 2. The molecule has 0 aliphatic carbocycles. The fraction of sp³-hybridized carbons (Fsp3) is 0.286. The number of hydrogen-bond acceptors (Lipinski definition) is 6. The molecule has 1 aliphatic rings. The largest absolute Gasteiger partial charge is 0.486 e. The SMILES string of the molecule is Cc1cccc(-c2nc(C(C)C)no2)c1NC(=O)c1cc(Cl)c2c(c1)OCCO2. The van der Waals surface area contributed by atoms with Gasteiger partial charge in [-0.05, 0) is 30.7 Å². The molecule has 0 spiro atoms. The van der Waals surface area contributed by atoms with Gasteiger partial charge in [0.1, 0.15) is 13.2 Å². The van der Waals surface area contributed by atoms with Crippen LogP contribution in [0.3, 0.4) is 0 Å². The lowest BCUT2D eigenvalue weighted by Crippen LogP contribution is -2.18. The van der Waals surface area contributed by atoms with E-state index < -0.39 is 0 Å². The summed E-state index contributed by atoms with van der Waals surface area (Å²) in [4.78, 5) is 17.4. The number of nitrogens with one attached hydrogen (secondary N) is 1. The molecule has 4 rings (SSSR count). The zero-order valence-electron chi connectivity index (χ0n) is 16.3. The molecule has 29 heavy (non-hydrogen) atoms. The molecular weight excluding hydrogens is 394 g/mol. The number of amides is 1. The predicted molar refractivity (Wildman–Crippen MR) is 109 cm³/mol. The number of nitrogens with zero attached hydrogens (tertiary/aromatic N) is 2. The third-order valence-electron chi connectivity index (χ3n) is 4.56. The van der Waals surface area contributed by atoms with Crippen molar-refractivity contribution < 1.29 is 18.8 Å². The number of carbonyl (C=O) groups excluding carboxylic acids is 1. The Kier molecular flexibility index (Phi) is 5.15. The van der Waals surface area contributed by atoms with Crippen LogP contribution in [0.2, 0.25) is 5.02 Å². The summed E-state index contributed by atoms with van der Waals surface area (Å²) in [6.45, 7) is 6.70. The van der Waals surface area contributed by atoms with Gasteiger partial charge < -0.3 is 19.3 Å². The van der Waals surface area contributed by atoms with Crippen LogP contribution in [-0.2, 0) is 0 Å². The number of aryl methyl sites for hydroxylation is 1. The number of para-hydroxylation sites is 1. The minimum absolute atomic E-state index is 0.134. The van der Waals surface area contributed by atoms with E-state index in [-0.39, 0.29) is 11.8 Å². The summed E-state index contributed by atoms with van der Waals surface area (Å²) >= 11 is 6.27. The van der Waals surface area contributed by atoms with Crippen molar-refractivity contribution in [3.05, 3.63) is 52.3 Å². The van der Waals surface area contributed by atoms with Gasteiger partial charge in [0, 0.05) is 11.5 Å². The van der Waals surface area contributed by atoms with Gasteiger partial charge in [-0.3, -0.25) is 4.79 Å². The Hall–Kier alpha value is -3.06. The summed E-state index contributed by atoms with van der Waals surface area (Å²) in [7, 11) is 0. The van der Waals surface area contributed by atoms with Gasteiger partial charge in [-0.25, -0.2) is 0 Å². The summed E-state index contributed by atoms with van der Waals surface area (Å²) in [6.07, 6.45) is 0. The smallest absolute Gasteiger partial charge is 0.260 e. The summed E-state index contributed by atoms with van der Waals surface area (Å²) in [5.74, 6) is 1.68. The lowest BCUT2D eigenvalue weighted by Gasteiger charge is -2.20. The first kappa shape index (κ1) is 19.3. The van der Waals surface area contributed by atoms with Crippen molar-refractivity contribution in [2.75, 3.05) is 18.5 Å². The topological polar surface area (TPSA) is 86.5 Å². The van der Waals surface area contributed by atoms with Gasteiger partial charge in [-0.2, -0.15) is 4.98 Å². The van der Waals surface area contributed by atoms with E-state index in [4.69, 9.17) is 25.6 Å². The van der Waals surface area contributed by atoms with Crippen molar-refractivity contribution in [2.24, 2.45) is 0 Å². The quantitative estimate of drug-likeness (QED) is 0.658. The van der Waals surface area contributed by atoms with Gasteiger partial charge >= 0.3 is 0 Å². The van der Waals surface area contributed by atoms with Crippen LogP contribution >= 0.6 is 11.6 Å². The van der Waals surface area contributed by atoms with Crippen LogP contribution in [0.1, 0.15) is 41.5 Å². The Morgan fingerprint density at radius 3 is 2.76 bits per heavy atom. The fourth-order valence-corrected chi connectivity index (χ4v) is 3.28. The minimum atomic E-state index is -0.331. The second-order valence-corrected chi connectivity index (χ2v) is 7.45. The summed E-state index contributed by atoms with van der Waals surface area (Å²) in [5.41, 5.74) is 2.48. The lowest BCUT2D eigenvalue weighted by atomic mass is 10.1. The third-order valence-corrected chi connectivity index (χ3v) is 4.84. The molecular formula is C21H20ClN3O4. The van der Waals surface area contributed by atoms with Gasteiger partial charge in [-0.1, -0.05) is 42.7 Å². The Balaban J connectivity index is 1.67. The van der Waals surface area contributed by atoms with E-state index >= 15 is 0 Å². The van der Waals surface area contributed by atoms with E-state index in [2.05, 4.69) is 15.5 Å². The Labute approximate surface area is 173 Å². The fourth-order valence-electron chi connectivity index (χ4n) is 3.02. The molecule has 3 aromatic rings. The van der Waals surface area contributed by atoms with Gasteiger partial charge in [0.2, 0.25) is 0 Å². The van der Waals surface area contributed by atoms with Crippen LogP contribution in [0.25, 0.3) is 11.5 Å². The lowest BCUT2D eigenvalue weighted by molar-refractivity contribution is 0.102. The van der Waals surface area contributed by atoms with Crippen molar-refractivity contribution in [3.8, 4) is 23.0 Å². The predicted octanol–water partition coefficient (Wildman–Crippen LogP) is 4.85. The van der Waals surface area contributed by atoms with E-state index in [0.717, 1.165) is 5.56 Å². The van der Waals surface area contributed by atoms with Crippen LogP contribution in [0.15, 0.2) is 34.9 Å².